The standard InChI is InChI=1S/C19H22O7/c1-4-21-17(20)15-12(22-10-11-8-6-5-7-9-11)13-14(23-15)16-18(24-13)26-19(2,3)25-16/h5-9,13-14,16,18H,4,10H2,1-3H3/t13-,14+,16-,18-/m1/s1. The summed E-state index contributed by atoms with van der Waals surface area (Å²) in [5.74, 6) is -0.953. The van der Waals surface area contributed by atoms with Crippen LogP contribution in [0.4, 0.5) is 0 Å². The highest BCUT2D eigenvalue weighted by Crippen LogP contribution is 2.45. The van der Waals surface area contributed by atoms with E-state index in [9.17, 15) is 4.79 Å². The van der Waals surface area contributed by atoms with Crippen molar-refractivity contribution in [2.24, 2.45) is 0 Å². The Morgan fingerprint density at radius 2 is 1.92 bits per heavy atom. The Kier molecular flexibility index (Phi) is 4.38. The second-order valence-electron chi connectivity index (χ2n) is 6.80. The smallest absolute Gasteiger partial charge is 0.377 e. The molecule has 0 amide bonds. The van der Waals surface area contributed by atoms with Crippen LogP contribution in [0.25, 0.3) is 0 Å². The number of carbonyl (C=O) groups excluding carboxylic acids is 1. The molecule has 0 bridgehead atoms. The van der Waals surface area contributed by atoms with E-state index in [1.807, 2.05) is 44.2 Å². The number of esters is 1. The van der Waals surface area contributed by atoms with Crippen molar-refractivity contribution in [2.75, 3.05) is 6.61 Å². The van der Waals surface area contributed by atoms with Gasteiger partial charge in [-0.2, -0.15) is 0 Å². The fraction of sp³-hybridized carbons (Fsp3) is 0.526. The summed E-state index contributed by atoms with van der Waals surface area (Å²) in [6.07, 6.45) is -2.06. The number of carbonyl (C=O) groups is 1. The maximum atomic E-state index is 12.3. The molecule has 4 atom stereocenters. The first kappa shape index (κ1) is 17.3. The molecular weight excluding hydrogens is 340 g/mol. The highest BCUT2D eigenvalue weighted by Gasteiger charge is 2.61. The average molecular weight is 362 g/mol. The van der Waals surface area contributed by atoms with Gasteiger partial charge >= 0.3 is 5.97 Å². The predicted octanol–water partition coefficient (Wildman–Crippen LogP) is 2.25. The first-order chi connectivity index (χ1) is 12.5. The van der Waals surface area contributed by atoms with Crippen LogP contribution in [0.1, 0.15) is 26.3 Å². The van der Waals surface area contributed by atoms with Gasteiger partial charge in [0.25, 0.3) is 0 Å². The second kappa shape index (κ2) is 6.57. The largest absolute Gasteiger partial charge is 0.486 e. The quantitative estimate of drug-likeness (QED) is 0.744. The lowest BCUT2D eigenvalue weighted by molar-refractivity contribution is -0.210. The Morgan fingerprint density at radius 1 is 1.15 bits per heavy atom. The number of rotatable bonds is 5. The summed E-state index contributed by atoms with van der Waals surface area (Å²) in [6.45, 7) is 5.89. The van der Waals surface area contributed by atoms with Crippen LogP contribution in [0.15, 0.2) is 41.9 Å². The topological polar surface area (TPSA) is 72.5 Å². The molecule has 0 radical (unpaired) electrons. The number of ether oxygens (including phenoxy) is 6. The second-order valence-corrected chi connectivity index (χ2v) is 6.80. The van der Waals surface area contributed by atoms with Gasteiger partial charge in [0.2, 0.25) is 5.76 Å². The minimum atomic E-state index is -0.762. The van der Waals surface area contributed by atoms with Gasteiger partial charge in [0.05, 0.1) is 6.61 Å². The fourth-order valence-electron chi connectivity index (χ4n) is 3.37. The van der Waals surface area contributed by atoms with Gasteiger partial charge in [-0.05, 0) is 26.3 Å². The van der Waals surface area contributed by atoms with E-state index in [1.54, 1.807) is 6.92 Å². The third kappa shape index (κ3) is 3.06. The van der Waals surface area contributed by atoms with Gasteiger partial charge in [-0.1, -0.05) is 30.3 Å². The van der Waals surface area contributed by atoms with Crippen molar-refractivity contribution in [1.82, 2.24) is 0 Å². The van der Waals surface area contributed by atoms with Crippen LogP contribution in [0.2, 0.25) is 0 Å². The zero-order valence-electron chi connectivity index (χ0n) is 15.0. The number of benzene rings is 1. The molecule has 0 N–H and O–H groups in total. The Labute approximate surface area is 151 Å². The Balaban J connectivity index is 1.55. The number of fused-ring (bicyclic) bond motifs is 3. The van der Waals surface area contributed by atoms with Crippen LogP contribution in [0, 0.1) is 0 Å². The van der Waals surface area contributed by atoms with Gasteiger partial charge in [-0.3, -0.25) is 0 Å². The average Bonchev–Trinajstić information content (AvgIpc) is 3.20. The molecular formula is C19H22O7. The highest BCUT2D eigenvalue weighted by atomic mass is 16.8. The van der Waals surface area contributed by atoms with Crippen molar-refractivity contribution in [3.63, 3.8) is 0 Å². The summed E-state index contributed by atoms with van der Waals surface area (Å²) in [5.41, 5.74) is 0.971. The molecule has 2 fully saturated rings. The summed E-state index contributed by atoms with van der Waals surface area (Å²) in [7, 11) is 0. The third-order valence-electron chi connectivity index (χ3n) is 4.43. The Hall–Kier alpha value is -2.09. The summed E-state index contributed by atoms with van der Waals surface area (Å²) < 4.78 is 34.4. The number of hydrogen-bond donors (Lipinski definition) is 0. The lowest BCUT2D eigenvalue weighted by Crippen LogP contribution is -2.34. The molecule has 7 heteroatoms. The summed E-state index contributed by atoms with van der Waals surface area (Å²) in [6, 6.07) is 9.66. The van der Waals surface area contributed by atoms with Crippen molar-refractivity contribution in [3.8, 4) is 0 Å². The molecule has 1 aromatic rings. The molecule has 7 nitrogen and oxygen atoms in total. The van der Waals surface area contributed by atoms with Crippen LogP contribution < -0.4 is 0 Å². The molecule has 0 aliphatic carbocycles. The summed E-state index contributed by atoms with van der Waals surface area (Å²) in [4.78, 5) is 12.3. The van der Waals surface area contributed by atoms with Crippen LogP contribution in [-0.2, 0) is 39.8 Å². The monoisotopic (exact) mass is 362 g/mol. The van der Waals surface area contributed by atoms with Crippen LogP contribution in [0.5, 0.6) is 0 Å². The molecule has 26 heavy (non-hydrogen) atoms. The Bertz CT molecular complexity index is 712. The molecule has 0 spiro atoms. The van der Waals surface area contributed by atoms with E-state index in [0.29, 0.717) is 5.76 Å². The van der Waals surface area contributed by atoms with Gasteiger partial charge in [-0.15, -0.1) is 0 Å². The lowest BCUT2D eigenvalue weighted by Gasteiger charge is -2.21. The molecule has 0 saturated carbocycles. The van der Waals surface area contributed by atoms with Crippen molar-refractivity contribution in [2.45, 2.75) is 57.8 Å². The van der Waals surface area contributed by atoms with Crippen LogP contribution in [-0.4, -0.2) is 43.0 Å². The molecule has 1 aromatic carbocycles. The first-order valence-electron chi connectivity index (χ1n) is 8.74. The van der Waals surface area contributed by atoms with Crippen molar-refractivity contribution < 1.29 is 33.2 Å². The van der Waals surface area contributed by atoms with Crippen LogP contribution in [0.3, 0.4) is 0 Å². The minimum absolute atomic E-state index is 0.0459. The lowest BCUT2D eigenvalue weighted by atomic mass is 10.1. The summed E-state index contributed by atoms with van der Waals surface area (Å²) in [5, 5.41) is 0. The van der Waals surface area contributed by atoms with Crippen molar-refractivity contribution in [1.29, 1.82) is 0 Å². The third-order valence-corrected chi connectivity index (χ3v) is 4.43. The van der Waals surface area contributed by atoms with Gasteiger partial charge in [-0.25, -0.2) is 4.79 Å². The van der Waals surface area contributed by atoms with E-state index >= 15 is 0 Å². The summed E-state index contributed by atoms with van der Waals surface area (Å²) >= 11 is 0. The van der Waals surface area contributed by atoms with Crippen molar-refractivity contribution in [3.05, 3.63) is 47.4 Å². The maximum Gasteiger partial charge on any atom is 0.377 e. The predicted molar refractivity (Wildman–Crippen MR) is 88.5 cm³/mol. The minimum Gasteiger partial charge on any atom is -0.486 e. The normalized spacial score (nSPS) is 31.3. The zero-order valence-corrected chi connectivity index (χ0v) is 15.0. The molecule has 3 aliphatic heterocycles. The molecule has 3 heterocycles. The molecule has 3 aliphatic rings. The van der Waals surface area contributed by atoms with Gasteiger partial charge in [0.1, 0.15) is 6.61 Å². The van der Waals surface area contributed by atoms with E-state index < -0.39 is 36.4 Å². The maximum absolute atomic E-state index is 12.3. The molecule has 0 unspecified atom stereocenters. The first-order valence-corrected chi connectivity index (χ1v) is 8.74. The molecule has 0 aromatic heterocycles. The fourth-order valence-corrected chi connectivity index (χ4v) is 3.37. The number of hydrogen-bond acceptors (Lipinski definition) is 7. The molecule has 4 rings (SSSR count). The van der Waals surface area contributed by atoms with E-state index in [1.165, 1.54) is 0 Å². The van der Waals surface area contributed by atoms with Crippen molar-refractivity contribution >= 4 is 5.97 Å². The van der Waals surface area contributed by atoms with Crippen LogP contribution >= 0.6 is 0 Å². The van der Waals surface area contributed by atoms with Gasteiger partial charge in [0, 0.05) is 0 Å². The Morgan fingerprint density at radius 3 is 2.65 bits per heavy atom. The van der Waals surface area contributed by atoms with Gasteiger partial charge in [0.15, 0.2) is 36.1 Å². The van der Waals surface area contributed by atoms with E-state index in [0.717, 1.165) is 5.56 Å². The zero-order chi connectivity index (χ0) is 18.3. The van der Waals surface area contributed by atoms with E-state index in [-0.39, 0.29) is 19.0 Å². The molecule has 140 valence electrons. The van der Waals surface area contributed by atoms with E-state index in [2.05, 4.69) is 0 Å². The van der Waals surface area contributed by atoms with Gasteiger partial charge < -0.3 is 28.4 Å². The SMILES string of the molecule is CCOC(=O)C1=C(OCc2ccccc2)[C@H]2O[C@@H]3OC(C)(C)O[C@@H]3[C@H]2O1. The highest BCUT2D eigenvalue weighted by molar-refractivity contribution is 5.87. The molecule has 2 saturated heterocycles. The van der Waals surface area contributed by atoms with E-state index in [4.69, 9.17) is 28.4 Å².